The zero-order chi connectivity index (χ0) is 13.5. The molecule has 0 atom stereocenters. The van der Waals surface area contributed by atoms with Gasteiger partial charge in [-0.1, -0.05) is 24.6 Å². The zero-order valence-electron chi connectivity index (χ0n) is 10.8. The molecule has 98 valence electrons. The summed E-state index contributed by atoms with van der Waals surface area (Å²) in [6, 6.07) is 7.32. The lowest BCUT2D eigenvalue weighted by Gasteiger charge is -2.21. The Morgan fingerprint density at radius 2 is 1.78 bits per heavy atom. The third-order valence-corrected chi connectivity index (χ3v) is 2.67. The molecule has 1 aromatic carbocycles. The van der Waals surface area contributed by atoms with Gasteiger partial charge < -0.3 is 10.0 Å². The molecule has 0 heterocycles. The molecule has 1 rings (SSSR count). The Morgan fingerprint density at radius 3 is 2.28 bits per heavy atom. The van der Waals surface area contributed by atoms with Crippen LogP contribution in [0.5, 0.6) is 0 Å². The van der Waals surface area contributed by atoms with Crippen LogP contribution in [0.4, 0.5) is 0 Å². The summed E-state index contributed by atoms with van der Waals surface area (Å²) in [6.45, 7) is 4.77. The third kappa shape index (κ3) is 4.20. The van der Waals surface area contributed by atoms with Crippen LogP contribution in [-0.2, 0) is 4.79 Å². The van der Waals surface area contributed by atoms with Gasteiger partial charge in [0.1, 0.15) is 0 Å². The highest BCUT2D eigenvalue weighted by molar-refractivity contribution is 5.94. The van der Waals surface area contributed by atoms with Gasteiger partial charge in [-0.2, -0.15) is 0 Å². The first-order chi connectivity index (χ1) is 8.54. The van der Waals surface area contributed by atoms with Crippen molar-refractivity contribution in [2.75, 3.05) is 13.1 Å². The number of carboxylic acids is 1. The molecule has 4 nitrogen and oxygen atoms in total. The van der Waals surface area contributed by atoms with Crippen LogP contribution in [0.1, 0.15) is 35.7 Å². The van der Waals surface area contributed by atoms with Gasteiger partial charge in [-0.15, -0.1) is 0 Å². The molecule has 1 N–H and O–H groups in total. The number of aryl methyl sites for hydroxylation is 1. The molecule has 0 bridgehead atoms. The number of carboxylic acid groups (broad SMARTS) is 1. The van der Waals surface area contributed by atoms with E-state index in [9.17, 15) is 9.59 Å². The van der Waals surface area contributed by atoms with E-state index in [0.717, 1.165) is 12.0 Å². The highest BCUT2D eigenvalue weighted by Gasteiger charge is 2.15. The Labute approximate surface area is 107 Å². The van der Waals surface area contributed by atoms with Crippen LogP contribution in [0.25, 0.3) is 0 Å². The summed E-state index contributed by atoms with van der Waals surface area (Å²) in [5, 5.41) is 8.68. The number of carbonyl (C=O) groups is 2. The number of hydrogen-bond acceptors (Lipinski definition) is 2. The minimum Gasteiger partial charge on any atom is -0.481 e. The average Bonchev–Trinajstić information content (AvgIpc) is 2.34. The van der Waals surface area contributed by atoms with Gasteiger partial charge >= 0.3 is 5.97 Å². The molecule has 0 fully saturated rings. The number of carbonyl (C=O) groups excluding carboxylic acids is 1. The van der Waals surface area contributed by atoms with Crippen LogP contribution < -0.4 is 0 Å². The number of aliphatic carboxylic acids is 1. The van der Waals surface area contributed by atoms with Gasteiger partial charge in [0.25, 0.3) is 5.91 Å². The molecule has 0 aliphatic heterocycles. The molecule has 0 saturated heterocycles. The van der Waals surface area contributed by atoms with Crippen molar-refractivity contribution in [3.63, 3.8) is 0 Å². The predicted octanol–water partition coefficient (Wildman–Crippen LogP) is 2.32. The van der Waals surface area contributed by atoms with E-state index in [1.807, 2.05) is 26.0 Å². The van der Waals surface area contributed by atoms with Gasteiger partial charge in [-0.3, -0.25) is 9.59 Å². The van der Waals surface area contributed by atoms with Crippen molar-refractivity contribution in [3.8, 4) is 0 Å². The van der Waals surface area contributed by atoms with Gasteiger partial charge in [0.2, 0.25) is 0 Å². The third-order valence-electron chi connectivity index (χ3n) is 2.67. The van der Waals surface area contributed by atoms with Crippen LogP contribution in [0.3, 0.4) is 0 Å². The highest BCUT2D eigenvalue weighted by Crippen LogP contribution is 2.08. The quantitative estimate of drug-likeness (QED) is 0.841. The molecule has 1 amide bonds. The van der Waals surface area contributed by atoms with E-state index in [0.29, 0.717) is 12.1 Å². The lowest BCUT2D eigenvalue weighted by Crippen LogP contribution is -2.33. The van der Waals surface area contributed by atoms with Crippen molar-refractivity contribution in [3.05, 3.63) is 35.4 Å². The number of nitrogens with zero attached hydrogens (tertiary/aromatic N) is 1. The van der Waals surface area contributed by atoms with E-state index in [2.05, 4.69) is 0 Å². The van der Waals surface area contributed by atoms with Crippen molar-refractivity contribution in [1.82, 2.24) is 4.90 Å². The fourth-order valence-corrected chi connectivity index (χ4v) is 1.69. The van der Waals surface area contributed by atoms with Crippen molar-refractivity contribution in [2.45, 2.75) is 26.7 Å². The van der Waals surface area contributed by atoms with E-state index in [-0.39, 0.29) is 18.9 Å². The number of hydrogen-bond donors (Lipinski definition) is 1. The summed E-state index contributed by atoms with van der Waals surface area (Å²) >= 11 is 0. The van der Waals surface area contributed by atoms with Gasteiger partial charge in [0.05, 0.1) is 6.42 Å². The Hall–Kier alpha value is -1.84. The van der Waals surface area contributed by atoms with Crippen LogP contribution >= 0.6 is 0 Å². The fourth-order valence-electron chi connectivity index (χ4n) is 1.69. The molecule has 0 saturated carbocycles. The first-order valence-corrected chi connectivity index (χ1v) is 6.12. The van der Waals surface area contributed by atoms with Crippen molar-refractivity contribution < 1.29 is 14.7 Å². The normalized spacial score (nSPS) is 10.1. The van der Waals surface area contributed by atoms with Gasteiger partial charge in [0.15, 0.2) is 0 Å². The maximum absolute atomic E-state index is 12.2. The summed E-state index contributed by atoms with van der Waals surface area (Å²) in [5.41, 5.74) is 1.71. The predicted molar refractivity (Wildman–Crippen MR) is 69.6 cm³/mol. The fraction of sp³-hybridized carbons (Fsp3) is 0.429. The molecule has 18 heavy (non-hydrogen) atoms. The largest absolute Gasteiger partial charge is 0.481 e. The van der Waals surface area contributed by atoms with Crippen LogP contribution in [0.15, 0.2) is 24.3 Å². The summed E-state index contributed by atoms with van der Waals surface area (Å²) in [4.78, 5) is 24.4. The number of rotatable bonds is 6. The van der Waals surface area contributed by atoms with E-state index in [1.54, 1.807) is 17.0 Å². The smallest absolute Gasteiger partial charge is 0.305 e. The second-order valence-corrected chi connectivity index (χ2v) is 4.30. The lowest BCUT2D eigenvalue weighted by atomic mass is 10.1. The molecule has 0 aliphatic carbocycles. The molecule has 0 unspecified atom stereocenters. The number of amides is 1. The SMILES string of the molecule is CCCN(CCC(=O)O)C(=O)c1ccc(C)cc1. The molecule has 0 spiro atoms. The average molecular weight is 249 g/mol. The maximum Gasteiger partial charge on any atom is 0.305 e. The second-order valence-electron chi connectivity index (χ2n) is 4.30. The maximum atomic E-state index is 12.2. The Balaban J connectivity index is 2.75. The first kappa shape index (κ1) is 14.2. The second kappa shape index (κ2) is 6.79. The Morgan fingerprint density at radius 1 is 1.17 bits per heavy atom. The highest BCUT2D eigenvalue weighted by atomic mass is 16.4. The minimum atomic E-state index is -0.882. The Kier molecular flexibility index (Phi) is 5.36. The topological polar surface area (TPSA) is 57.6 Å². The molecule has 0 radical (unpaired) electrons. The molecule has 0 aromatic heterocycles. The van der Waals surface area contributed by atoms with Crippen LogP contribution in [0.2, 0.25) is 0 Å². The lowest BCUT2D eigenvalue weighted by molar-refractivity contribution is -0.137. The van der Waals surface area contributed by atoms with E-state index >= 15 is 0 Å². The van der Waals surface area contributed by atoms with Gasteiger partial charge in [0, 0.05) is 18.7 Å². The summed E-state index contributed by atoms with van der Waals surface area (Å²) in [5.74, 6) is -0.981. The molecule has 4 heteroatoms. The van der Waals surface area contributed by atoms with Crippen LogP contribution in [0, 0.1) is 6.92 Å². The van der Waals surface area contributed by atoms with Gasteiger partial charge in [-0.05, 0) is 25.5 Å². The molecular weight excluding hydrogens is 230 g/mol. The monoisotopic (exact) mass is 249 g/mol. The van der Waals surface area contributed by atoms with Crippen molar-refractivity contribution >= 4 is 11.9 Å². The first-order valence-electron chi connectivity index (χ1n) is 6.12. The Bertz CT molecular complexity index is 412. The molecule has 1 aromatic rings. The summed E-state index contributed by atoms with van der Waals surface area (Å²) < 4.78 is 0. The zero-order valence-corrected chi connectivity index (χ0v) is 10.8. The summed E-state index contributed by atoms with van der Waals surface area (Å²) in [7, 11) is 0. The molecule has 0 aliphatic rings. The van der Waals surface area contributed by atoms with E-state index in [1.165, 1.54) is 0 Å². The van der Waals surface area contributed by atoms with E-state index in [4.69, 9.17) is 5.11 Å². The minimum absolute atomic E-state index is 0.0163. The van der Waals surface area contributed by atoms with Crippen LogP contribution in [-0.4, -0.2) is 35.0 Å². The standard InChI is InChI=1S/C14H19NO3/c1-3-9-15(10-8-13(16)17)14(18)12-6-4-11(2)5-7-12/h4-7H,3,8-10H2,1-2H3,(H,16,17). The molecular formula is C14H19NO3. The summed E-state index contributed by atoms with van der Waals surface area (Å²) in [6.07, 6.45) is 0.800. The van der Waals surface area contributed by atoms with E-state index < -0.39 is 5.97 Å². The van der Waals surface area contributed by atoms with Gasteiger partial charge in [-0.25, -0.2) is 0 Å². The van der Waals surface area contributed by atoms with Crippen molar-refractivity contribution in [1.29, 1.82) is 0 Å². The van der Waals surface area contributed by atoms with Crippen molar-refractivity contribution in [2.24, 2.45) is 0 Å². The number of benzene rings is 1.